The van der Waals surface area contributed by atoms with Crippen LogP contribution in [0.15, 0.2) is 58.4 Å². The first-order chi connectivity index (χ1) is 13.8. The third-order valence-electron chi connectivity index (χ3n) is 4.72. The molecule has 1 aromatic carbocycles. The summed E-state index contributed by atoms with van der Waals surface area (Å²) in [6.45, 7) is 1.01. The summed E-state index contributed by atoms with van der Waals surface area (Å²) in [7, 11) is 3.81. The van der Waals surface area contributed by atoms with Gasteiger partial charge in [0.15, 0.2) is 11.5 Å². The van der Waals surface area contributed by atoms with E-state index in [4.69, 9.17) is 4.42 Å². The molecule has 1 atom stereocenters. The molecular formula is C20H21N3O6. The molecule has 1 amide bonds. The maximum absolute atomic E-state index is 12.9. The summed E-state index contributed by atoms with van der Waals surface area (Å²) in [6, 6.07) is 7.73. The Kier molecular flexibility index (Phi) is 5.79. The van der Waals surface area contributed by atoms with Gasteiger partial charge in [0, 0.05) is 18.7 Å². The molecule has 0 radical (unpaired) electrons. The average Bonchev–Trinajstić information content (AvgIpc) is 3.30. The summed E-state index contributed by atoms with van der Waals surface area (Å²) >= 11 is 0. The Balaban J connectivity index is 2.00. The number of carbonyl (C=O) groups is 2. The number of aliphatic hydroxyl groups is 1. The van der Waals surface area contributed by atoms with Crippen LogP contribution in [0.5, 0.6) is 0 Å². The van der Waals surface area contributed by atoms with Crippen LogP contribution in [0, 0.1) is 10.1 Å². The van der Waals surface area contributed by atoms with Gasteiger partial charge in [-0.2, -0.15) is 0 Å². The number of non-ortho nitro benzene ring substituents is 1. The third kappa shape index (κ3) is 4.04. The van der Waals surface area contributed by atoms with Crippen LogP contribution in [0.4, 0.5) is 5.69 Å². The molecule has 0 saturated carbocycles. The Morgan fingerprint density at radius 2 is 1.97 bits per heavy atom. The zero-order valence-electron chi connectivity index (χ0n) is 16.1. The van der Waals surface area contributed by atoms with Crippen LogP contribution in [0.1, 0.15) is 28.6 Å². The fraction of sp³-hybridized carbons (Fsp3) is 0.300. The molecule has 9 heteroatoms. The van der Waals surface area contributed by atoms with Crippen molar-refractivity contribution < 1.29 is 24.0 Å². The Hall–Kier alpha value is -3.46. The molecule has 3 rings (SSSR count). The molecule has 0 saturated heterocycles. The SMILES string of the molecule is CN(C)CCCN1C(=O)C(O)=C(C(=O)c2ccco2)[C@@H]1c1ccc([N+](=O)[O-])cc1. The van der Waals surface area contributed by atoms with E-state index in [1.54, 1.807) is 0 Å². The highest BCUT2D eigenvalue weighted by Crippen LogP contribution is 2.39. The molecular weight excluding hydrogens is 378 g/mol. The predicted octanol–water partition coefficient (Wildman–Crippen LogP) is 2.72. The standard InChI is InChI=1S/C20H21N3O6/c1-21(2)10-4-11-22-17(13-6-8-14(9-7-13)23(27)28)16(19(25)20(22)26)18(24)15-5-3-12-29-15/h3,5-9,12,17,25H,4,10-11H2,1-2H3/t17-/m0/s1. The summed E-state index contributed by atoms with van der Waals surface area (Å²) < 4.78 is 5.15. The van der Waals surface area contributed by atoms with Gasteiger partial charge in [-0.25, -0.2) is 0 Å². The summed E-state index contributed by atoms with van der Waals surface area (Å²) in [5.41, 5.74) is 0.292. The lowest BCUT2D eigenvalue weighted by molar-refractivity contribution is -0.384. The Morgan fingerprint density at radius 3 is 2.52 bits per heavy atom. The monoisotopic (exact) mass is 399 g/mol. The van der Waals surface area contributed by atoms with E-state index in [0.29, 0.717) is 25.1 Å². The van der Waals surface area contributed by atoms with Crippen molar-refractivity contribution in [3.63, 3.8) is 0 Å². The number of ketones is 1. The van der Waals surface area contributed by atoms with Gasteiger partial charge in [0.2, 0.25) is 5.78 Å². The molecule has 152 valence electrons. The topological polar surface area (TPSA) is 117 Å². The molecule has 0 unspecified atom stereocenters. The minimum atomic E-state index is -0.858. The Labute approximate surface area is 167 Å². The highest BCUT2D eigenvalue weighted by molar-refractivity contribution is 6.15. The number of nitrogens with zero attached hydrogens (tertiary/aromatic N) is 3. The molecule has 0 bridgehead atoms. The van der Waals surface area contributed by atoms with E-state index < -0.39 is 28.4 Å². The highest BCUT2D eigenvalue weighted by atomic mass is 16.6. The van der Waals surface area contributed by atoms with Crippen LogP contribution in [0.25, 0.3) is 0 Å². The molecule has 1 aromatic heterocycles. The maximum Gasteiger partial charge on any atom is 0.290 e. The van der Waals surface area contributed by atoms with Crippen LogP contribution in [0.3, 0.4) is 0 Å². The van der Waals surface area contributed by atoms with E-state index >= 15 is 0 Å². The zero-order valence-corrected chi connectivity index (χ0v) is 16.1. The van der Waals surface area contributed by atoms with Crippen molar-refractivity contribution in [2.75, 3.05) is 27.2 Å². The van der Waals surface area contributed by atoms with E-state index in [2.05, 4.69) is 0 Å². The first-order valence-corrected chi connectivity index (χ1v) is 9.02. The van der Waals surface area contributed by atoms with E-state index in [-0.39, 0.29) is 17.0 Å². The highest BCUT2D eigenvalue weighted by Gasteiger charge is 2.44. The minimum Gasteiger partial charge on any atom is -0.503 e. The van der Waals surface area contributed by atoms with Crippen molar-refractivity contribution >= 4 is 17.4 Å². The molecule has 1 N–H and O–H groups in total. The van der Waals surface area contributed by atoms with Crippen LogP contribution in [0.2, 0.25) is 0 Å². The number of nitro benzene ring substituents is 1. The van der Waals surface area contributed by atoms with Crippen molar-refractivity contribution in [1.82, 2.24) is 9.80 Å². The van der Waals surface area contributed by atoms with Gasteiger partial charge in [0.1, 0.15) is 0 Å². The smallest absolute Gasteiger partial charge is 0.290 e. The molecule has 2 aromatic rings. The van der Waals surface area contributed by atoms with Crippen molar-refractivity contribution in [2.24, 2.45) is 0 Å². The fourth-order valence-corrected chi connectivity index (χ4v) is 3.34. The maximum atomic E-state index is 12.9. The van der Waals surface area contributed by atoms with E-state index in [1.807, 2.05) is 19.0 Å². The largest absolute Gasteiger partial charge is 0.503 e. The number of benzene rings is 1. The summed E-state index contributed by atoms with van der Waals surface area (Å²) in [4.78, 5) is 39.5. The molecule has 9 nitrogen and oxygen atoms in total. The van der Waals surface area contributed by atoms with Gasteiger partial charge < -0.3 is 19.3 Å². The lowest BCUT2D eigenvalue weighted by Crippen LogP contribution is -2.33. The van der Waals surface area contributed by atoms with Crippen molar-refractivity contribution in [1.29, 1.82) is 0 Å². The number of aliphatic hydroxyl groups excluding tert-OH is 1. The fourth-order valence-electron chi connectivity index (χ4n) is 3.34. The van der Waals surface area contributed by atoms with Crippen LogP contribution >= 0.6 is 0 Å². The zero-order chi connectivity index (χ0) is 21.1. The van der Waals surface area contributed by atoms with E-state index in [9.17, 15) is 24.8 Å². The molecule has 1 aliphatic heterocycles. The van der Waals surface area contributed by atoms with Gasteiger partial charge in [-0.1, -0.05) is 0 Å². The number of nitro groups is 1. The number of hydrogen-bond acceptors (Lipinski definition) is 7. The number of furan rings is 1. The van der Waals surface area contributed by atoms with Gasteiger partial charge in [0.05, 0.1) is 22.8 Å². The van der Waals surface area contributed by atoms with Gasteiger partial charge in [-0.05, 0) is 56.9 Å². The number of hydrogen-bond donors (Lipinski definition) is 1. The first-order valence-electron chi connectivity index (χ1n) is 9.02. The average molecular weight is 399 g/mol. The first kappa shape index (κ1) is 20.3. The molecule has 0 spiro atoms. The Bertz CT molecular complexity index is 947. The summed E-state index contributed by atoms with van der Waals surface area (Å²) in [6.07, 6.45) is 1.95. The van der Waals surface area contributed by atoms with E-state index in [0.717, 1.165) is 0 Å². The van der Waals surface area contributed by atoms with Crippen molar-refractivity contribution in [3.05, 3.63) is 75.4 Å². The van der Waals surface area contributed by atoms with Crippen LogP contribution in [-0.2, 0) is 4.79 Å². The second-order valence-electron chi connectivity index (χ2n) is 6.98. The number of rotatable bonds is 8. The van der Waals surface area contributed by atoms with Crippen molar-refractivity contribution in [3.8, 4) is 0 Å². The second-order valence-corrected chi connectivity index (χ2v) is 6.98. The lowest BCUT2D eigenvalue weighted by Gasteiger charge is -2.27. The van der Waals surface area contributed by atoms with Gasteiger partial charge >= 0.3 is 0 Å². The van der Waals surface area contributed by atoms with Crippen LogP contribution < -0.4 is 0 Å². The normalized spacial score (nSPS) is 16.7. The van der Waals surface area contributed by atoms with Crippen LogP contribution in [-0.4, -0.2) is 58.7 Å². The number of amides is 1. The molecule has 29 heavy (non-hydrogen) atoms. The van der Waals surface area contributed by atoms with Gasteiger partial charge in [0.25, 0.3) is 11.6 Å². The Morgan fingerprint density at radius 1 is 1.28 bits per heavy atom. The number of Topliss-reactive ketones (excluding diaryl/α,β-unsaturated/α-hetero) is 1. The quantitative estimate of drug-likeness (QED) is 0.412. The number of carbonyl (C=O) groups excluding carboxylic acids is 2. The summed E-state index contributed by atoms with van der Waals surface area (Å²) in [5.74, 6) is -1.87. The molecule has 2 heterocycles. The summed E-state index contributed by atoms with van der Waals surface area (Å²) in [5, 5.41) is 21.4. The lowest BCUT2D eigenvalue weighted by atomic mass is 9.95. The van der Waals surface area contributed by atoms with Gasteiger partial charge in [-0.15, -0.1) is 0 Å². The predicted molar refractivity (Wildman–Crippen MR) is 103 cm³/mol. The molecule has 0 fully saturated rings. The van der Waals surface area contributed by atoms with Crippen molar-refractivity contribution in [2.45, 2.75) is 12.5 Å². The molecule has 0 aliphatic carbocycles. The third-order valence-corrected chi connectivity index (χ3v) is 4.72. The second kappa shape index (κ2) is 8.27. The van der Waals surface area contributed by atoms with Gasteiger partial charge in [-0.3, -0.25) is 19.7 Å². The minimum absolute atomic E-state index is 0.00130. The molecule has 1 aliphatic rings. The van der Waals surface area contributed by atoms with E-state index in [1.165, 1.54) is 47.6 Å².